The van der Waals surface area contributed by atoms with Gasteiger partial charge >= 0.3 is 0 Å². The molecule has 2 aromatic carbocycles. The van der Waals surface area contributed by atoms with Crippen LogP contribution in [0.15, 0.2) is 54.6 Å². The molecule has 0 bridgehead atoms. The summed E-state index contributed by atoms with van der Waals surface area (Å²) < 4.78 is 18.6. The molecule has 0 fully saturated rings. The first-order chi connectivity index (χ1) is 9.25. The maximum absolute atomic E-state index is 13.1. The van der Waals surface area contributed by atoms with Gasteiger partial charge in [-0.3, -0.25) is 0 Å². The van der Waals surface area contributed by atoms with Crippen molar-refractivity contribution in [3.63, 3.8) is 0 Å². The van der Waals surface area contributed by atoms with E-state index in [1.807, 2.05) is 36.4 Å². The number of rotatable bonds is 6. The van der Waals surface area contributed by atoms with Crippen LogP contribution in [0.1, 0.15) is 24.4 Å². The first-order valence-corrected chi connectivity index (χ1v) is 6.44. The van der Waals surface area contributed by atoms with Crippen LogP contribution in [0.5, 0.6) is 5.75 Å². The van der Waals surface area contributed by atoms with E-state index in [4.69, 9.17) is 10.5 Å². The van der Waals surface area contributed by atoms with Crippen LogP contribution < -0.4 is 10.5 Å². The summed E-state index contributed by atoms with van der Waals surface area (Å²) in [6, 6.07) is 16.0. The Kier molecular flexibility index (Phi) is 4.93. The second-order valence-electron chi connectivity index (χ2n) is 4.47. The summed E-state index contributed by atoms with van der Waals surface area (Å²) in [4.78, 5) is 0. The molecule has 1 atom stereocenters. The van der Waals surface area contributed by atoms with Crippen molar-refractivity contribution in [2.45, 2.75) is 18.9 Å². The molecular formula is C16H18FNO. The molecule has 0 amide bonds. The number of nitrogens with two attached hydrogens (primary N) is 1. The zero-order chi connectivity index (χ0) is 13.5. The number of para-hydroxylation sites is 1. The molecule has 19 heavy (non-hydrogen) atoms. The Morgan fingerprint density at radius 3 is 2.58 bits per heavy atom. The van der Waals surface area contributed by atoms with Gasteiger partial charge in [0.2, 0.25) is 0 Å². The number of hydrogen-bond acceptors (Lipinski definition) is 2. The average molecular weight is 259 g/mol. The van der Waals surface area contributed by atoms with E-state index in [0.29, 0.717) is 6.61 Å². The molecule has 2 N–H and O–H groups in total. The van der Waals surface area contributed by atoms with Crippen molar-refractivity contribution in [1.29, 1.82) is 0 Å². The van der Waals surface area contributed by atoms with Gasteiger partial charge in [0.15, 0.2) is 0 Å². The van der Waals surface area contributed by atoms with Crippen molar-refractivity contribution in [2.75, 3.05) is 6.61 Å². The standard InChI is InChI=1S/C16H18FNO/c17-14-7-4-6-13(12-14)16(18)10-5-11-19-15-8-2-1-3-9-15/h1-4,6-9,12,16H,5,10-11,18H2. The van der Waals surface area contributed by atoms with Gasteiger partial charge in [0.05, 0.1) is 6.61 Å². The molecule has 0 saturated carbocycles. The molecule has 3 heteroatoms. The van der Waals surface area contributed by atoms with Crippen LogP contribution >= 0.6 is 0 Å². The Labute approximate surface area is 113 Å². The molecule has 0 aliphatic heterocycles. The van der Waals surface area contributed by atoms with Gasteiger partial charge in [-0.25, -0.2) is 4.39 Å². The van der Waals surface area contributed by atoms with Crippen LogP contribution in [-0.2, 0) is 0 Å². The highest BCUT2D eigenvalue weighted by Gasteiger charge is 2.06. The van der Waals surface area contributed by atoms with Crippen LogP contribution in [-0.4, -0.2) is 6.61 Å². The van der Waals surface area contributed by atoms with E-state index in [-0.39, 0.29) is 11.9 Å². The third kappa shape index (κ3) is 4.38. The third-order valence-corrected chi connectivity index (χ3v) is 2.95. The van der Waals surface area contributed by atoms with E-state index in [9.17, 15) is 4.39 Å². The quantitative estimate of drug-likeness (QED) is 0.803. The first-order valence-electron chi connectivity index (χ1n) is 6.44. The number of ether oxygens (including phenoxy) is 1. The fourth-order valence-electron chi connectivity index (χ4n) is 1.91. The minimum Gasteiger partial charge on any atom is -0.494 e. The van der Waals surface area contributed by atoms with Crippen molar-refractivity contribution in [3.8, 4) is 5.75 Å². The molecule has 2 rings (SSSR count). The second-order valence-corrected chi connectivity index (χ2v) is 4.47. The lowest BCUT2D eigenvalue weighted by molar-refractivity contribution is 0.302. The summed E-state index contributed by atoms with van der Waals surface area (Å²) in [5.74, 6) is 0.621. The van der Waals surface area contributed by atoms with Crippen LogP contribution in [0.25, 0.3) is 0 Å². The number of hydrogen-bond donors (Lipinski definition) is 1. The normalized spacial score (nSPS) is 12.1. The molecular weight excluding hydrogens is 241 g/mol. The molecule has 2 nitrogen and oxygen atoms in total. The topological polar surface area (TPSA) is 35.2 Å². The van der Waals surface area contributed by atoms with Gasteiger partial charge in [0, 0.05) is 6.04 Å². The van der Waals surface area contributed by atoms with Gasteiger partial charge < -0.3 is 10.5 Å². The summed E-state index contributed by atoms with van der Waals surface area (Å²) in [5.41, 5.74) is 6.85. The molecule has 0 aliphatic rings. The van der Waals surface area contributed by atoms with Crippen molar-refractivity contribution in [3.05, 3.63) is 66.0 Å². The average Bonchev–Trinajstić information content (AvgIpc) is 2.44. The highest BCUT2D eigenvalue weighted by molar-refractivity contribution is 5.21. The molecule has 1 unspecified atom stereocenters. The molecule has 0 aliphatic carbocycles. The summed E-state index contributed by atoms with van der Waals surface area (Å²) >= 11 is 0. The van der Waals surface area contributed by atoms with Gasteiger partial charge in [0.25, 0.3) is 0 Å². The van der Waals surface area contributed by atoms with Crippen molar-refractivity contribution in [2.24, 2.45) is 5.73 Å². The zero-order valence-corrected chi connectivity index (χ0v) is 10.8. The summed E-state index contributed by atoms with van der Waals surface area (Å²) in [6.45, 7) is 0.618. The minimum absolute atomic E-state index is 0.143. The zero-order valence-electron chi connectivity index (χ0n) is 10.8. The SMILES string of the molecule is NC(CCCOc1ccccc1)c1cccc(F)c1. The fourth-order valence-corrected chi connectivity index (χ4v) is 1.91. The van der Waals surface area contributed by atoms with E-state index in [1.54, 1.807) is 6.07 Å². The van der Waals surface area contributed by atoms with E-state index in [1.165, 1.54) is 12.1 Å². The Balaban J connectivity index is 1.74. The smallest absolute Gasteiger partial charge is 0.123 e. The second kappa shape index (κ2) is 6.90. The molecule has 0 aromatic heterocycles. The number of halogens is 1. The van der Waals surface area contributed by atoms with Crippen molar-refractivity contribution < 1.29 is 9.13 Å². The Morgan fingerprint density at radius 1 is 1.05 bits per heavy atom. The Morgan fingerprint density at radius 2 is 1.84 bits per heavy atom. The van der Waals surface area contributed by atoms with E-state index >= 15 is 0 Å². The van der Waals surface area contributed by atoms with Gasteiger partial charge in [0.1, 0.15) is 11.6 Å². The lowest BCUT2D eigenvalue weighted by atomic mass is 10.0. The van der Waals surface area contributed by atoms with Crippen LogP contribution in [0.2, 0.25) is 0 Å². The first kappa shape index (κ1) is 13.6. The van der Waals surface area contributed by atoms with E-state index < -0.39 is 0 Å². The molecule has 2 aromatic rings. The summed E-state index contributed by atoms with van der Waals surface area (Å²) in [6.07, 6.45) is 1.61. The highest BCUT2D eigenvalue weighted by Crippen LogP contribution is 2.17. The van der Waals surface area contributed by atoms with Crippen LogP contribution in [0.3, 0.4) is 0 Å². The molecule has 0 heterocycles. The van der Waals surface area contributed by atoms with Gasteiger partial charge in [-0.05, 0) is 42.7 Å². The highest BCUT2D eigenvalue weighted by atomic mass is 19.1. The Hall–Kier alpha value is -1.87. The molecule has 0 radical (unpaired) electrons. The molecule has 100 valence electrons. The van der Waals surface area contributed by atoms with Crippen molar-refractivity contribution >= 4 is 0 Å². The lowest BCUT2D eigenvalue weighted by Crippen LogP contribution is -2.12. The van der Waals surface area contributed by atoms with Gasteiger partial charge in [-0.1, -0.05) is 30.3 Å². The fraction of sp³-hybridized carbons (Fsp3) is 0.250. The predicted molar refractivity (Wildman–Crippen MR) is 74.5 cm³/mol. The largest absolute Gasteiger partial charge is 0.494 e. The molecule has 0 saturated heterocycles. The van der Waals surface area contributed by atoms with E-state index in [2.05, 4.69) is 0 Å². The summed E-state index contributed by atoms with van der Waals surface area (Å²) in [5, 5.41) is 0. The third-order valence-electron chi connectivity index (χ3n) is 2.95. The maximum Gasteiger partial charge on any atom is 0.123 e. The maximum atomic E-state index is 13.1. The summed E-state index contributed by atoms with van der Waals surface area (Å²) in [7, 11) is 0. The minimum atomic E-state index is -0.242. The predicted octanol–water partition coefficient (Wildman–Crippen LogP) is 3.68. The monoisotopic (exact) mass is 259 g/mol. The van der Waals surface area contributed by atoms with E-state index in [0.717, 1.165) is 24.2 Å². The van der Waals surface area contributed by atoms with Gasteiger partial charge in [-0.2, -0.15) is 0 Å². The van der Waals surface area contributed by atoms with Gasteiger partial charge in [-0.15, -0.1) is 0 Å². The van der Waals surface area contributed by atoms with Crippen LogP contribution in [0, 0.1) is 5.82 Å². The lowest BCUT2D eigenvalue weighted by Gasteiger charge is -2.12. The van der Waals surface area contributed by atoms with Crippen molar-refractivity contribution in [1.82, 2.24) is 0 Å². The number of benzene rings is 2. The Bertz CT molecular complexity index is 501. The molecule has 0 spiro atoms. The van der Waals surface area contributed by atoms with Crippen LogP contribution in [0.4, 0.5) is 4.39 Å².